The molecule has 0 aliphatic rings. The van der Waals surface area contributed by atoms with Crippen molar-refractivity contribution in [1.29, 1.82) is 0 Å². The van der Waals surface area contributed by atoms with Gasteiger partial charge < -0.3 is 21.1 Å². The SMILES string of the molecule is CC(C)NC(=O)Nc1ccc(C(=O)NC(C)C(C)C(=O)O)cc1. The van der Waals surface area contributed by atoms with E-state index in [2.05, 4.69) is 16.0 Å². The number of carbonyl (C=O) groups is 3. The number of carbonyl (C=O) groups excluding carboxylic acids is 2. The zero-order valence-corrected chi connectivity index (χ0v) is 13.7. The predicted molar refractivity (Wildman–Crippen MR) is 87.5 cm³/mol. The van der Waals surface area contributed by atoms with Gasteiger partial charge in [-0.1, -0.05) is 0 Å². The van der Waals surface area contributed by atoms with Gasteiger partial charge in [-0.15, -0.1) is 0 Å². The Labute approximate surface area is 135 Å². The Kier molecular flexibility index (Phi) is 6.56. The zero-order chi connectivity index (χ0) is 17.6. The molecule has 0 spiro atoms. The van der Waals surface area contributed by atoms with Crippen LogP contribution in [0.25, 0.3) is 0 Å². The molecule has 0 heterocycles. The molecule has 4 N–H and O–H groups in total. The Hall–Kier alpha value is -2.57. The van der Waals surface area contributed by atoms with Gasteiger partial charge >= 0.3 is 12.0 Å². The number of nitrogens with one attached hydrogen (secondary N) is 3. The van der Waals surface area contributed by atoms with Crippen LogP contribution in [0, 0.1) is 5.92 Å². The van der Waals surface area contributed by atoms with Gasteiger partial charge in [0.2, 0.25) is 0 Å². The minimum atomic E-state index is -0.964. The lowest BCUT2D eigenvalue weighted by Crippen LogP contribution is -2.40. The van der Waals surface area contributed by atoms with Crippen LogP contribution in [0.2, 0.25) is 0 Å². The fourth-order valence-corrected chi connectivity index (χ4v) is 1.76. The molecule has 23 heavy (non-hydrogen) atoms. The van der Waals surface area contributed by atoms with Gasteiger partial charge in [-0.2, -0.15) is 0 Å². The predicted octanol–water partition coefficient (Wildman–Crippen LogP) is 2.06. The van der Waals surface area contributed by atoms with Crippen LogP contribution in [-0.2, 0) is 4.79 Å². The van der Waals surface area contributed by atoms with Crippen molar-refractivity contribution in [3.05, 3.63) is 29.8 Å². The zero-order valence-electron chi connectivity index (χ0n) is 13.7. The molecule has 0 aliphatic carbocycles. The minimum Gasteiger partial charge on any atom is -0.481 e. The maximum absolute atomic E-state index is 12.1. The molecule has 0 saturated heterocycles. The Morgan fingerprint density at radius 2 is 1.52 bits per heavy atom. The van der Waals surface area contributed by atoms with Gasteiger partial charge in [0.15, 0.2) is 0 Å². The summed E-state index contributed by atoms with van der Waals surface area (Å²) in [6.07, 6.45) is 0. The fourth-order valence-electron chi connectivity index (χ4n) is 1.76. The summed E-state index contributed by atoms with van der Waals surface area (Å²) < 4.78 is 0. The molecule has 7 heteroatoms. The van der Waals surface area contributed by atoms with Crippen molar-refractivity contribution in [3.63, 3.8) is 0 Å². The largest absolute Gasteiger partial charge is 0.481 e. The molecule has 0 saturated carbocycles. The number of carboxylic acids is 1. The van der Waals surface area contributed by atoms with Gasteiger partial charge in [-0.25, -0.2) is 4.79 Å². The molecule has 1 aromatic rings. The van der Waals surface area contributed by atoms with E-state index < -0.39 is 17.9 Å². The highest BCUT2D eigenvalue weighted by Gasteiger charge is 2.21. The third-order valence-corrected chi connectivity index (χ3v) is 3.32. The van der Waals surface area contributed by atoms with Crippen LogP contribution in [0.5, 0.6) is 0 Å². The van der Waals surface area contributed by atoms with Crippen LogP contribution >= 0.6 is 0 Å². The number of amides is 3. The maximum atomic E-state index is 12.1. The van der Waals surface area contributed by atoms with Crippen LogP contribution in [0.4, 0.5) is 10.5 Å². The lowest BCUT2D eigenvalue weighted by atomic mass is 10.0. The van der Waals surface area contributed by atoms with Crippen molar-refractivity contribution in [1.82, 2.24) is 10.6 Å². The van der Waals surface area contributed by atoms with E-state index in [-0.39, 0.29) is 18.0 Å². The van der Waals surface area contributed by atoms with Gasteiger partial charge in [0.25, 0.3) is 5.91 Å². The quantitative estimate of drug-likeness (QED) is 0.643. The molecule has 0 radical (unpaired) electrons. The summed E-state index contributed by atoms with van der Waals surface area (Å²) in [6.45, 7) is 6.88. The summed E-state index contributed by atoms with van der Waals surface area (Å²) in [5, 5.41) is 16.9. The molecule has 7 nitrogen and oxygen atoms in total. The van der Waals surface area contributed by atoms with Crippen molar-refractivity contribution < 1.29 is 19.5 Å². The summed E-state index contributed by atoms with van der Waals surface area (Å²) in [5.74, 6) is -2.00. The topological polar surface area (TPSA) is 108 Å². The molecule has 2 unspecified atom stereocenters. The van der Waals surface area contributed by atoms with Gasteiger partial charge in [0.1, 0.15) is 0 Å². The number of hydrogen-bond acceptors (Lipinski definition) is 3. The highest BCUT2D eigenvalue weighted by molar-refractivity contribution is 5.96. The van der Waals surface area contributed by atoms with E-state index in [0.717, 1.165) is 0 Å². The van der Waals surface area contributed by atoms with Gasteiger partial charge in [0.05, 0.1) is 5.92 Å². The first-order chi connectivity index (χ1) is 10.7. The van der Waals surface area contributed by atoms with Gasteiger partial charge in [-0.05, 0) is 52.0 Å². The summed E-state index contributed by atoms with van der Waals surface area (Å²) in [6, 6.07) is 5.57. The van der Waals surface area contributed by atoms with E-state index in [0.29, 0.717) is 11.3 Å². The van der Waals surface area contributed by atoms with Gasteiger partial charge in [-0.3, -0.25) is 9.59 Å². The smallest absolute Gasteiger partial charge is 0.319 e. The molecule has 1 rings (SSSR count). The van der Waals surface area contributed by atoms with E-state index in [1.54, 1.807) is 31.2 Å². The van der Waals surface area contributed by atoms with Crippen molar-refractivity contribution in [2.45, 2.75) is 39.8 Å². The second-order valence-electron chi connectivity index (χ2n) is 5.72. The number of hydrogen-bond donors (Lipinski definition) is 4. The lowest BCUT2D eigenvalue weighted by molar-refractivity contribution is -0.141. The lowest BCUT2D eigenvalue weighted by Gasteiger charge is -2.17. The van der Waals surface area contributed by atoms with Crippen molar-refractivity contribution in [2.24, 2.45) is 5.92 Å². The fraction of sp³-hybridized carbons (Fsp3) is 0.438. The number of aliphatic carboxylic acids is 1. The van der Waals surface area contributed by atoms with Crippen LogP contribution < -0.4 is 16.0 Å². The number of carboxylic acid groups (broad SMARTS) is 1. The van der Waals surface area contributed by atoms with E-state index in [9.17, 15) is 14.4 Å². The Morgan fingerprint density at radius 3 is 2.00 bits per heavy atom. The Balaban J connectivity index is 2.64. The highest BCUT2D eigenvalue weighted by Crippen LogP contribution is 2.11. The van der Waals surface area contributed by atoms with E-state index in [4.69, 9.17) is 5.11 Å². The number of urea groups is 1. The van der Waals surface area contributed by atoms with E-state index >= 15 is 0 Å². The average molecular weight is 321 g/mol. The summed E-state index contributed by atoms with van der Waals surface area (Å²) in [4.78, 5) is 34.5. The summed E-state index contributed by atoms with van der Waals surface area (Å²) in [7, 11) is 0. The second kappa shape index (κ2) is 8.17. The maximum Gasteiger partial charge on any atom is 0.319 e. The molecule has 0 aliphatic heterocycles. The molecular formula is C16H23N3O4. The Morgan fingerprint density at radius 1 is 0.957 bits per heavy atom. The number of rotatable bonds is 6. The van der Waals surface area contributed by atoms with E-state index in [1.165, 1.54) is 6.92 Å². The average Bonchev–Trinajstić information content (AvgIpc) is 2.45. The minimum absolute atomic E-state index is 0.0257. The summed E-state index contributed by atoms with van der Waals surface area (Å²) >= 11 is 0. The molecule has 0 aromatic heterocycles. The normalized spacial score (nSPS) is 13.1. The molecule has 1 aromatic carbocycles. The van der Waals surface area contributed by atoms with Crippen LogP contribution in [0.3, 0.4) is 0 Å². The molecular weight excluding hydrogens is 298 g/mol. The monoisotopic (exact) mass is 321 g/mol. The van der Waals surface area contributed by atoms with Crippen molar-refractivity contribution in [2.75, 3.05) is 5.32 Å². The molecule has 2 atom stereocenters. The third-order valence-electron chi connectivity index (χ3n) is 3.32. The van der Waals surface area contributed by atoms with Crippen LogP contribution in [0.1, 0.15) is 38.1 Å². The molecule has 3 amide bonds. The van der Waals surface area contributed by atoms with Crippen molar-refractivity contribution in [3.8, 4) is 0 Å². The summed E-state index contributed by atoms with van der Waals surface area (Å²) in [5.41, 5.74) is 0.955. The number of anilines is 1. The standard InChI is InChI=1S/C16H23N3O4/c1-9(2)17-16(23)19-13-7-5-12(6-8-13)14(20)18-11(4)10(3)15(21)22/h5-11H,1-4H3,(H,18,20)(H,21,22)(H2,17,19,23). The van der Waals surface area contributed by atoms with E-state index in [1.807, 2.05) is 13.8 Å². The first-order valence-corrected chi connectivity index (χ1v) is 7.42. The van der Waals surface area contributed by atoms with Crippen LogP contribution in [-0.4, -0.2) is 35.1 Å². The third kappa shape index (κ3) is 5.98. The van der Waals surface area contributed by atoms with Gasteiger partial charge in [0, 0.05) is 23.3 Å². The number of benzene rings is 1. The van der Waals surface area contributed by atoms with Crippen LogP contribution in [0.15, 0.2) is 24.3 Å². The first-order valence-electron chi connectivity index (χ1n) is 7.42. The first kappa shape index (κ1) is 18.5. The second-order valence-corrected chi connectivity index (χ2v) is 5.72. The molecule has 0 bridgehead atoms. The Bertz CT molecular complexity index is 569. The molecule has 126 valence electrons. The highest BCUT2D eigenvalue weighted by atomic mass is 16.4. The van der Waals surface area contributed by atoms with Crippen molar-refractivity contribution >= 4 is 23.6 Å². The molecule has 0 fully saturated rings.